The fraction of sp³-hybridized carbons (Fsp3) is 0.786. The molecule has 0 spiro atoms. The highest BCUT2D eigenvalue weighted by atomic mass is 32.1. The molecule has 0 bridgehead atoms. The van der Waals surface area contributed by atoms with Crippen LogP contribution in [-0.4, -0.2) is 55.1 Å². The summed E-state index contributed by atoms with van der Waals surface area (Å²) in [5.41, 5.74) is 1.21. The molecule has 19 heavy (non-hydrogen) atoms. The molecule has 0 amide bonds. The summed E-state index contributed by atoms with van der Waals surface area (Å²) < 4.78 is 0. The molecule has 1 rings (SSSR count). The van der Waals surface area contributed by atoms with E-state index in [-0.39, 0.29) is 0 Å². The van der Waals surface area contributed by atoms with Crippen LogP contribution in [0.15, 0.2) is 5.38 Å². The second kappa shape index (κ2) is 9.42. The molecule has 0 aromatic carbocycles. The molecule has 1 heterocycles. The van der Waals surface area contributed by atoms with E-state index in [0.717, 1.165) is 39.3 Å². The van der Waals surface area contributed by atoms with Crippen molar-refractivity contribution in [2.75, 3.05) is 40.3 Å². The van der Waals surface area contributed by atoms with Crippen molar-refractivity contribution in [3.63, 3.8) is 0 Å². The Morgan fingerprint density at radius 2 is 2.05 bits per heavy atom. The fourth-order valence-electron chi connectivity index (χ4n) is 1.92. The van der Waals surface area contributed by atoms with Crippen molar-refractivity contribution in [2.24, 2.45) is 0 Å². The van der Waals surface area contributed by atoms with Gasteiger partial charge in [-0.2, -0.15) is 0 Å². The minimum absolute atomic E-state index is 0.897. The van der Waals surface area contributed by atoms with Gasteiger partial charge in [0, 0.05) is 18.5 Å². The molecule has 0 aliphatic rings. The first-order valence-corrected chi connectivity index (χ1v) is 8.04. The summed E-state index contributed by atoms with van der Waals surface area (Å²) in [5.74, 6) is 0. The zero-order valence-electron chi connectivity index (χ0n) is 12.8. The molecule has 0 aliphatic carbocycles. The Labute approximate surface area is 121 Å². The Bertz CT molecular complexity index is 338. The second-order valence-electron chi connectivity index (χ2n) is 5.04. The zero-order chi connectivity index (χ0) is 14.1. The van der Waals surface area contributed by atoms with Crippen LogP contribution in [0, 0.1) is 0 Å². The molecule has 110 valence electrons. The van der Waals surface area contributed by atoms with Crippen molar-refractivity contribution in [2.45, 2.75) is 33.4 Å². The third-order valence-corrected chi connectivity index (χ3v) is 3.94. The van der Waals surface area contributed by atoms with E-state index >= 15 is 0 Å². The lowest BCUT2D eigenvalue weighted by Gasteiger charge is -2.20. The van der Waals surface area contributed by atoms with Gasteiger partial charge in [-0.25, -0.2) is 4.98 Å². The van der Waals surface area contributed by atoms with Gasteiger partial charge in [0.05, 0.1) is 5.69 Å². The summed E-state index contributed by atoms with van der Waals surface area (Å²) in [4.78, 5) is 9.39. The maximum Gasteiger partial charge on any atom is 0.107 e. The lowest BCUT2D eigenvalue weighted by atomic mass is 10.3. The first kappa shape index (κ1) is 16.6. The smallest absolute Gasteiger partial charge is 0.107 e. The van der Waals surface area contributed by atoms with Gasteiger partial charge in [-0.3, -0.25) is 4.90 Å². The SMILES string of the molecule is CCNCc1nc(CN(CC)CCCN(C)C)cs1. The van der Waals surface area contributed by atoms with Gasteiger partial charge in [-0.05, 0) is 46.7 Å². The molecular formula is C14H28N4S. The molecule has 4 nitrogen and oxygen atoms in total. The van der Waals surface area contributed by atoms with E-state index in [4.69, 9.17) is 0 Å². The van der Waals surface area contributed by atoms with E-state index in [1.165, 1.54) is 17.1 Å². The standard InChI is InChI=1S/C14H28N4S/c1-5-15-10-14-16-13(12-19-14)11-18(6-2)9-7-8-17(3)4/h12,15H,5-11H2,1-4H3. The van der Waals surface area contributed by atoms with Crippen molar-refractivity contribution >= 4 is 11.3 Å². The predicted molar refractivity (Wildman–Crippen MR) is 83.6 cm³/mol. The van der Waals surface area contributed by atoms with E-state index in [2.05, 4.69) is 53.4 Å². The molecule has 0 saturated carbocycles. The van der Waals surface area contributed by atoms with Gasteiger partial charge in [-0.1, -0.05) is 13.8 Å². The van der Waals surface area contributed by atoms with Crippen LogP contribution in [0.1, 0.15) is 31.0 Å². The third-order valence-electron chi connectivity index (χ3n) is 3.04. The molecule has 0 atom stereocenters. The van der Waals surface area contributed by atoms with Crippen LogP contribution in [-0.2, 0) is 13.1 Å². The zero-order valence-corrected chi connectivity index (χ0v) is 13.6. The summed E-state index contributed by atoms with van der Waals surface area (Å²) >= 11 is 1.76. The molecule has 0 radical (unpaired) electrons. The van der Waals surface area contributed by atoms with Crippen molar-refractivity contribution in [1.82, 2.24) is 20.1 Å². The van der Waals surface area contributed by atoms with Gasteiger partial charge in [0.1, 0.15) is 5.01 Å². The number of aromatic nitrogens is 1. The Morgan fingerprint density at radius 1 is 1.26 bits per heavy atom. The van der Waals surface area contributed by atoms with Gasteiger partial charge in [0.2, 0.25) is 0 Å². The van der Waals surface area contributed by atoms with Crippen molar-refractivity contribution < 1.29 is 0 Å². The van der Waals surface area contributed by atoms with Crippen LogP contribution >= 0.6 is 11.3 Å². The topological polar surface area (TPSA) is 31.4 Å². The van der Waals surface area contributed by atoms with Gasteiger partial charge in [-0.15, -0.1) is 11.3 Å². The lowest BCUT2D eigenvalue weighted by Crippen LogP contribution is -2.27. The highest BCUT2D eigenvalue weighted by Gasteiger charge is 2.07. The third kappa shape index (κ3) is 7.01. The number of rotatable bonds is 10. The minimum Gasteiger partial charge on any atom is -0.311 e. The second-order valence-corrected chi connectivity index (χ2v) is 5.98. The van der Waals surface area contributed by atoms with E-state index < -0.39 is 0 Å². The van der Waals surface area contributed by atoms with E-state index in [0.29, 0.717) is 0 Å². The number of nitrogens with one attached hydrogen (secondary N) is 1. The van der Waals surface area contributed by atoms with Crippen molar-refractivity contribution in [3.8, 4) is 0 Å². The lowest BCUT2D eigenvalue weighted by molar-refractivity contribution is 0.257. The average molecular weight is 284 g/mol. The summed E-state index contributed by atoms with van der Waals surface area (Å²) in [7, 11) is 4.26. The summed E-state index contributed by atoms with van der Waals surface area (Å²) in [6, 6.07) is 0. The van der Waals surface area contributed by atoms with Gasteiger partial charge in [0.25, 0.3) is 0 Å². The number of hydrogen-bond donors (Lipinski definition) is 1. The highest BCUT2D eigenvalue weighted by Crippen LogP contribution is 2.12. The van der Waals surface area contributed by atoms with Gasteiger partial charge < -0.3 is 10.2 Å². The van der Waals surface area contributed by atoms with Crippen LogP contribution in [0.2, 0.25) is 0 Å². The minimum atomic E-state index is 0.897. The van der Waals surface area contributed by atoms with Crippen LogP contribution in [0.3, 0.4) is 0 Å². The summed E-state index contributed by atoms with van der Waals surface area (Å²) in [5, 5.41) is 6.71. The Hall–Kier alpha value is -0.490. The molecule has 0 unspecified atom stereocenters. The Kier molecular flexibility index (Phi) is 8.21. The highest BCUT2D eigenvalue weighted by molar-refractivity contribution is 7.09. The van der Waals surface area contributed by atoms with Crippen LogP contribution < -0.4 is 5.32 Å². The van der Waals surface area contributed by atoms with Crippen molar-refractivity contribution in [1.29, 1.82) is 0 Å². The maximum absolute atomic E-state index is 4.68. The van der Waals surface area contributed by atoms with Gasteiger partial charge in [0.15, 0.2) is 0 Å². The van der Waals surface area contributed by atoms with Crippen LogP contribution in [0.5, 0.6) is 0 Å². The summed E-state index contributed by atoms with van der Waals surface area (Å²) in [6.07, 6.45) is 1.22. The van der Waals surface area contributed by atoms with Gasteiger partial charge >= 0.3 is 0 Å². The molecule has 5 heteroatoms. The molecule has 1 N–H and O–H groups in total. The summed E-state index contributed by atoms with van der Waals surface area (Å²) in [6.45, 7) is 10.6. The Balaban J connectivity index is 2.35. The van der Waals surface area contributed by atoms with Crippen molar-refractivity contribution in [3.05, 3.63) is 16.1 Å². The molecule has 0 fully saturated rings. The molecule has 0 aliphatic heterocycles. The number of thiazole rings is 1. The first-order chi connectivity index (χ1) is 9.15. The molecule has 1 aromatic rings. The molecular weight excluding hydrogens is 256 g/mol. The van der Waals surface area contributed by atoms with Crippen LogP contribution in [0.25, 0.3) is 0 Å². The van der Waals surface area contributed by atoms with Crippen LogP contribution in [0.4, 0.5) is 0 Å². The quantitative estimate of drug-likeness (QED) is 0.712. The largest absolute Gasteiger partial charge is 0.311 e. The van der Waals surface area contributed by atoms with E-state index in [1.807, 2.05) is 0 Å². The monoisotopic (exact) mass is 284 g/mol. The normalized spacial score (nSPS) is 11.7. The fourth-order valence-corrected chi connectivity index (χ4v) is 2.68. The number of nitrogens with zero attached hydrogens (tertiary/aromatic N) is 3. The predicted octanol–water partition coefficient (Wildman–Crippen LogP) is 2.03. The van der Waals surface area contributed by atoms with E-state index in [1.54, 1.807) is 11.3 Å². The number of hydrogen-bond acceptors (Lipinski definition) is 5. The maximum atomic E-state index is 4.68. The molecule has 1 aromatic heterocycles. The first-order valence-electron chi connectivity index (χ1n) is 7.16. The average Bonchev–Trinajstić information content (AvgIpc) is 2.82. The van der Waals surface area contributed by atoms with E-state index in [9.17, 15) is 0 Å². The molecule has 0 saturated heterocycles. The Morgan fingerprint density at radius 3 is 2.68 bits per heavy atom.